The Morgan fingerprint density at radius 3 is 2.47 bits per heavy atom. The van der Waals surface area contributed by atoms with E-state index in [0.29, 0.717) is 0 Å². The molecule has 1 heterocycles. The van der Waals surface area contributed by atoms with Gasteiger partial charge in [-0.25, -0.2) is 13.6 Å². The van der Waals surface area contributed by atoms with E-state index in [4.69, 9.17) is 0 Å². The minimum Gasteiger partial charge on any atom is -0.335 e. The van der Waals surface area contributed by atoms with Crippen LogP contribution in [0, 0.1) is 11.6 Å². The fourth-order valence-electron chi connectivity index (χ4n) is 2.31. The van der Waals surface area contributed by atoms with Gasteiger partial charge in [0.1, 0.15) is 11.6 Å². The van der Waals surface area contributed by atoms with E-state index >= 15 is 0 Å². The number of urea groups is 1. The third kappa shape index (κ3) is 3.43. The smallest absolute Gasteiger partial charge is 0.317 e. The number of carbonyl (C=O) groups is 1. The minimum absolute atomic E-state index is 0.0247. The van der Waals surface area contributed by atoms with Crippen molar-refractivity contribution in [1.29, 1.82) is 0 Å². The molecule has 2 amide bonds. The van der Waals surface area contributed by atoms with Crippen LogP contribution in [-0.4, -0.2) is 30.1 Å². The summed E-state index contributed by atoms with van der Waals surface area (Å²) in [5.41, 5.74) is 0.0247. The largest absolute Gasteiger partial charge is 0.335 e. The molecule has 1 atom stereocenters. The number of nitrogens with zero attached hydrogens (tertiary/aromatic N) is 1. The van der Waals surface area contributed by atoms with Crippen LogP contribution in [-0.2, 0) is 6.42 Å². The van der Waals surface area contributed by atoms with Crippen LogP contribution >= 0.6 is 0 Å². The van der Waals surface area contributed by atoms with E-state index in [9.17, 15) is 13.6 Å². The maximum absolute atomic E-state index is 13.5. The summed E-state index contributed by atoms with van der Waals surface area (Å²) in [6.45, 7) is 3.26. The fraction of sp³-hybridized carbons (Fsp3) is 0.500. The van der Waals surface area contributed by atoms with Gasteiger partial charge in [-0.3, -0.25) is 0 Å². The van der Waals surface area contributed by atoms with Gasteiger partial charge in [-0.05, 0) is 38.3 Å². The minimum atomic E-state index is -0.567. The zero-order valence-electron chi connectivity index (χ0n) is 11.0. The normalized spacial score (nSPS) is 16.5. The highest BCUT2D eigenvalue weighted by Gasteiger charge is 2.20. The second kappa shape index (κ2) is 5.99. The molecule has 19 heavy (non-hydrogen) atoms. The Bertz CT molecular complexity index is 439. The molecule has 1 aliphatic rings. The summed E-state index contributed by atoms with van der Waals surface area (Å²) in [6.07, 6.45) is 2.19. The Morgan fingerprint density at radius 2 is 1.89 bits per heavy atom. The first-order valence-electron chi connectivity index (χ1n) is 6.56. The molecule has 1 N–H and O–H groups in total. The van der Waals surface area contributed by atoms with E-state index in [0.717, 1.165) is 25.9 Å². The molecule has 0 bridgehead atoms. The van der Waals surface area contributed by atoms with Crippen LogP contribution in [0.5, 0.6) is 0 Å². The Hall–Kier alpha value is -1.65. The zero-order chi connectivity index (χ0) is 13.8. The number of hydrogen-bond donors (Lipinski definition) is 1. The van der Waals surface area contributed by atoms with E-state index in [1.165, 1.54) is 18.2 Å². The molecule has 0 spiro atoms. The second-order valence-corrected chi connectivity index (χ2v) is 4.95. The molecule has 1 aliphatic heterocycles. The molecule has 1 unspecified atom stereocenters. The summed E-state index contributed by atoms with van der Waals surface area (Å²) < 4.78 is 27.0. The first-order valence-corrected chi connectivity index (χ1v) is 6.56. The van der Waals surface area contributed by atoms with Gasteiger partial charge in [0.05, 0.1) is 0 Å². The van der Waals surface area contributed by atoms with E-state index in [-0.39, 0.29) is 24.1 Å². The molecular formula is C14H18F2N2O. The Labute approximate surface area is 111 Å². The van der Waals surface area contributed by atoms with Crippen molar-refractivity contribution < 1.29 is 13.6 Å². The molecule has 0 aromatic heterocycles. The summed E-state index contributed by atoms with van der Waals surface area (Å²) >= 11 is 0. The van der Waals surface area contributed by atoms with Gasteiger partial charge in [-0.2, -0.15) is 0 Å². The highest BCUT2D eigenvalue weighted by atomic mass is 19.1. The standard InChI is InChI=1S/C14H18F2N2O/c1-10(17-14(19)18-7-2-3-8-18)9-11-12(15)5-4-6-13(11)16/h4-6,10H,2-3,7-9H2,1H3,(H,17,19). The van der Waals surface area contributed by atoms with Crippen LogP contribution in [0.2, 0.25) is 0 Å². The van der Waals surface area contributed by atoms with Crippen LogP contribution in [0.1, 0.15) is 25.3 Å². The van der Waals surface area contributed by atoms with E-state index in [1.807, 2.05) is 0 Å². The Balaban J connectivity index is 1.93. The predicted octanol–water partition coefficient (Wildman–Crippen LogP) is 2.70. The molecule has 3 nitrogen and oxygen atoms in total. The maximum Gasteiger partial charge on any atom is 0.317 e. The van der Waals surface area contributed by atoms with Crippen LogP contribution in [0.25, 0.3) is 0 Å². The van der Waals surface area contributed by atoms with Crippen molar-refractivity contribution in [3.8, 4) is 0 Å². The lowest BCUT2D eigenvalue weighted by atomic mass is 10.1. The lowest BCUT2D eigenvalue weighted by Crippen LogP contribution is -2.43. The molecule has 1 saturated heterocycles. The molecule has 104 valence electrons. The topological polar surface area (TPSA) is 32.3 Å². The fourth-order valence-corrected chi connectivity index (χ4v) is 2.31. The van der Waals surface area contributed by atoms with Crippen LogP contribution in [0.3, 0.4) is 0 Å². The van der Waals surface area contributed by atoms with Crippen LogP contribution < -0.4 is 5.32 Å². The van der Waals surface area contributed by atoms with Crippen molar-refractivity contribution in [2.75, 3.05) is 13.1 Å². The summed E-state index contributed by atoms with van der Waals surface area (Å²) in [5, 5.41) is 2.78. The van der Waals surface area contributed by atoms with Gasteiger partial charge in [0.2, 0.25) is 0 Å². The van der Waals surface area contributed by atoms with Crippen molar-refractivity contribution in [2.45, 2.75) is 32.2 Å². The summed E-state index contributed by atoms with van der Waals surface area (Å²) in [7, 11) is 0. The average molecular weight is 268 g/mol. The lowest BCUT2D eigenvalue weighted by molar-refractivity contribution is 0.205. The zero-order valence-corrected chi connectivity index (χ0v) is 11.0. The number of benzene rings is 1. The summed E-state index contributed by atoms with van der Waals surface area (Å²) in [6, 6.07) is 3.34. The van der Waals surface area contributed by atoms with Gasteiger partial charge in [0, 0.05) is 24.7 Å². The highest BCUT2D eigenvalue weighted by molar-refractivity contribution is 5.74. The molecule has 1 fully saturated rings. The number of likely N-dealkylation sites (tertiary alicyclic amines) is 1. The molecular weight excluding hydrogens is 250 g/mol. The van der Waals surface area contributed by atoms with E-state index in [1.54, 1.807) is 11.8 Å². The molecule has 1 aromatic carbocycles. The molecule has 5 heteroatoms. The van der Waals surface area contributed by atoms with Gasteiger partial charge in [0.15, 0.2) is 0 Å². The number of amides is 2. The van der Waals surface area contributed by atoms with Gasteiger partial charge in [-0.1, -0.05) is 6.07 Å². The molecule has 2 rings (SSSR count). The Kier molecular flexibility index (Phi) is 4.35. The van der Waals surface area contributed by atoms with E-state index in [2.05, 4.69) is 5.32 Å². The molecule has 1 aromatic rings. The SMILES string of the molecule is CC(Cc1c(F)cccc1F)NC(=O)N1CCCC1. The lowest BCUT2D eigenvalue weighted by Gasteiger charge is -2.20. The highest BCUT2D eigenvalue weighted by Crippen LogP contribution is 2.14. The van der Waals surface area contributed by atoms with Crippen molar-refractivity contribution in [3.63, 3.8) is 0 Å². The Morgan fingerprint density at radius 1 is 1.32 bits per heavy atom. The van der Waals surface area contributed by atoms with E-state index < -0.39 is 11.6 Å². The quantitative estimate of drug-likeness (QED) is 0.898. The average Bonchev–Trinajstić information content (AvgIpc) is 2.88. The van der Waals surface area contributed by atoms with Crippen molar-refractivity contribution in [2.24, 2.45) is 0 Å². The molecule has 0 saturated carbocycles. The summed E-state index contributed by atoms with van der Waals surface area (Å²) in [4.78, 5) is 13.6. The van der Waals surface area contributed by atoms with Crippen molar-refractivity contribution in [1.82, 2.24) is 10.2 Å². The summed E-state index contributed by atoms with van der Waals surface area (Å²) in [5.74, 6) is -1.13. The number of hydrogen-bond acceptors (Lipinski definition) is 1. The van der Waals surface area contributed by atoms with Crippen molar-refractivity contribution >= 4 is 6.03 Å². The monoisotopic (exact) mass is 268 g/mol. The van der Waals surface area contributed by atoms with Gasteiger partial charge >= 0.3 is 6.03 Å². The second-order valence-electron chi connectivity index (χ2n) is 4.95. The molecule has 0 radical (unpaired) electrons. The first kappa shape index (κ1) is 13.8. The number of halogens is 2. The maximum atomic E-state index is 13.5. The number of nitrogens with one attached hydrogen (secondary N) is 1. The van der Waals surface area contributed by atoms with Crippen LogP contribution in [0.15, 0.2) is 18.2 Å². The van der Waals surface area contributed by atoms with Crippen molar-refractivity contribution in [3.05, 3.63) is 35.4 Å². The third-order valence-electron chi connectivity index (χ3n) is 3.34. The van der Waals surface area contributed by atoms with Gasteiger partial charge < -0.3 is 10.2 Å². The molecule has 0 aliphatic carbocycles. The van der Waals surface area contributed by atoms with Gasteiger partial charge in [-0.15, -0.1) is 0 Å². The number of rotatable bonds is 3. The first-order chi connectivity index (χ1) is 9.08. The number of carbonyl (C=O) groups excluding carboxylic acids is 1. The van der Waals surface area contributed by atoms with Gasteiger partial charge in [0.25, 0.3) is 0 Å². The predicted molar refractivity (Wildman–Crippen MR) is 68.9 cm³/mol. The third-order valence-corrected chi connectivity index (χ3v) is 3.34. The van der Waals surface area contributed by atoms with Crippen LogP contribution in [0.4, 0.5) is 13.6 Å².